The number of benzene rings is 1. The van der Waals surface area contributed by atoms with Crippen molar-refractivity contribution >= 4 is 0 Å². The first-order valence-corrected chi connectivity index (χ1v) is 5.02. The van der Waals surface area contributed by atoms with Gasteiger partial charge in [0.1, 0.15) is 12.4 Å². The number of rotatable bonds is 5. The van der Waals surface area contributed by atoms with Crippen molar-refractivity contribution in [2.45, 2.75) is 0 Å². The number of nitrogens with zero attached hydrogens (tertiary/aromatic N) is 1. The molecule has 1 radical (unpaired) electrons. The molecule has 0 unspecified atom stereocenters. The highest BCUT2D eigenvalue weighted by molar-refractivity contribution is 5.21. The van der Waals surface area contributed by atoms with Crippen molar-refractivity contribution in [2.24, 2.45) is 0 Å². The van der Waals surface area contributed by atoms with E-state index < -0.39 is 0 Å². The standard InChI is InChI=1S/C13H12NO2/c1-2-6-12(7-3-1)15-10-11-16-13-8-4-5-9-14-13/h1-9,11H,10H2. The minimum Gasteiger partial charge on any atom is -0.490 e. The summed E-state index contributed by atoms with van der Waals surface area (Å²) < 4.78 is 10.7. The Hall–Kier alpha value is -2.03. The van der Waals surface area contributed by atoms with Crippen LogP contribution in [0.3, 0.4) is 0 Å². The van der Waals surface area contributed by atoms with Gasteiger partial charge < -0.3 is 9.47 Å². The van der Waals surface area contributed by atoms with E-state index in [2.05, 4.69) is 4.98 Å². The lowest BCUT2D eigenvalue weighted by Crippen LogP contribution is -2.03. The Balaban J connectivity index is 1.70. The van der Waals surface area contributed by atoms with E-state index in [1.165, 1.54) is 0 Å². The first kappa shape index (κ1) is 10.5. The zero-order valence-electron chi connectivity index (χ0n) is 8.74. The van der Waals surface area contributed by atoms with Gasteiger partial charge in [-0.3, -0.25) is 0 Å². The molecule has 0 bridgehead atoms. The van der Waals surface area contributed by atoms with E-state index in [1.807, 2.05) is 42.5 Å². The molecule has 2 rings (SSSR count). The van der Waals surface area contributed by atoms with Crippen molar-refractivity contribution in [3.63, 3.8) is 0 Å². The first-order valence-electron chi connectivity index (χ1n) is 5.02. The molecule has 0 saturated carbocycles. The highest BCUT2D eigenvalue weighted by Crippen LogP contribution is 2.09. The molecule has 2 aromatic rings. The molecular formula is C13H12NO2. The first-order chi connectivity index (χ1) is 7.95. The third-order valence-electron chi connectivity index (χ3n) is 1.90. The molecule has 1 aromatic heterocycles. The molecule has 3 heteroatoms. The van der Waals surface area contributed by atoms with Crippen LogP contribution in [0, 0.1) is 6.61 Å². The SMILES string of the molecule is [CH](COc1ccccc1)Oc1ccccn1. The monoisotopic (exact) mass is 214 g/mol. The van der Waals surface area contributed by atoms with E-state index in [4.69, 9.17) is 9.47 Å². The van der Waals surface area contributed by atoms with Gasteiger partial charge in [-0.25, -0.2) is 4.98 Å². The van der Waals surface area contributed by atoms with Gasteiger partial charge in [0.15, 0.2) is 6.61 Å². The number of hydrogen-bond donors (Lipinski definition) is 0. The second-order valence-electron chi connectivity index (χ2n) is 3.08. The van der Waals surface area contributed by atoms with Gasteiger partial charge in [0.25, 0.3) is 0 Å². The normalized spacial score (nSPS) is 9.75. The average molecular weight is 214 g/mol. The Morgan fingerprint density at radius 3 is 2.56 bits per heavy atom. The summed E-state index contributed by atoms with van der Waals surface area (Å²) in [6.45, 7) is 1.97. The highest BCUT2D eigenvalue weighted by atomic mass is 16.5. The second-order valence-corrected chi connectivity index (χ2v) is 3.08. The van der Waals surface area contributed by atoms with E-state index in [9.17, 15) is 0 Å². The van der Waals surface area contributed by atoms with Crippen molar-refractivity contribution in [2.75, 3.05) is 6.61 Å². The van der Waals surface area contributed by atoms with Gasteiger partial charge in [-0.05, 0) is 18.2 Å². The van der Waals surface area contributed by atoms with Crippen LogP contribution >= 0.6 is 0 Å². The molecule has 1 heterocycles. The summed E-state index contributed by atoms with van der Waals surface area (Å²) >= 11 is 0. The van der Waals surface area contributed by atoms with Crippen LogP contribution in [0.1, 0.15) is 0 Å². The van der Waals surface area contributed by atoms with Crippen molar-refractivity contribution in [1.82, 2.24) is 4.98 Å². The Morgan fingerprint density at radius 2 is 1.81 bits per heavy atom. The summed E-state index contributed by atoms with van der Waals surface area (Å²) in [5, 5.41) is 0. The van der Waals surface area contributed by atoms with Crippen LogP contribution in [-0.4, -0.2) is 11.6 Å². The fourth-order valence-electron chi connectivity index (χ4n) is 1.18. The predicted molar refractivity (Wildman–Crippen MR) is 61.1 cm³/mol. The Morgan fingerprint density at radius 1 is 1.00 bits per heavy atom. The van der Waals surface area contributed by atoms with Crippen LogP contribution in [0.2, 0.25) is 0 Å². The minimum atomic E-state index is 0.389. The van der Waals surface area contributed by atoms with E-state index in [0.29, 0.717) is 12.5 Å². The molecule has 0 spiro atoms. The largest absolute Gasteiger partial charge is 0.490 e. The molecule has 0 saturated heterocycles. The van der Waals surface area contributed by atoms with Gasteiger partial charge in [-0.1, -0.05) is 24.3 Å². The maximum Gasteiger partial charge on any atom is 0.213 e. The lowest BCUT2D eigenvalue weighted by molar-refractivity contribution is 0.267. The third-order valence-corrected chi connectivity index (χ3v) is 1.90. The summed E-state index contributed by atoms with van der Waals surface area (Å²) in [6.07, 6.45) is 1.68. The summed E-state index contributed by atoms with van der Waals surface area (Å²) in [6, 6.07) is 15.1. The third kappa shape index (κ3) is 3.28. The van der Waals surface area contributed by atoms with Gasteiger partial charge in [0, 0.05) is 12.3 Å². The quantitative estimate of drug-likeness (QED) is 0.717. The molecule has 16 heavy (non-hydrogen) atoms. The molecule has 1 aromatic carbocycles. The van der Waals surface area contributed by atoms with Crippen molar-refractivity contribution < 1.29 is 9.47 Å². The fourth-order valence-corrected chi connectivity index (χ4v) is 1.18. The molecule has 3 nitrogen and oxygen atoms in total. The molecular weight excluding hydrogens is 202 g/mol. The smallest absolute Gasteiger partial charge is 0.213 e. The average Bonchev–Trinajstić information content (AvgIpc) is 2.37. The van der Waals surface area contributed by atoms with Crippen LogP contribution in [0.5, 0.6) is 11.6 Å². The van der Waals surface area contributed by atoms with Crippen LogP contribution in [0.15, 0.2) is 54.7 Å². The highest BCUT2D eigenvalue weighted by Gasteiger charge is 1.95. The van der Waals surface area contributed by atoms with Gasteiger partial charge in [-0.2, -0.15) is 0 Å². The van der Waals surface area contributed by atoms with Gasteiger partial charge in [-0.15, -0.1) is 0 Å². The molecule has 0 N–H and O–H groups in total. The number of aromatic nitrogens is 1. The Bertz CT molecular complexity index is 361. The van der Waals surface area contributed by atoms with Crippen molar-refractivity contribution in [1.29, 1.82) is 0 Å². The Labute approximate surface area is 94.7 Å². The molecule has 0 aliphatic rings. The molecule has 0 aliphatic heterocycles. The molecule has 0 atom stereocenters. The van der Waals surface area contributed by atoms with Crippen molar-refractivity contribution in [3.05, 3.63) is 61.3 Å². The number of hydrogen-bond acceptors (Lipinski definition) is 3. The van der Waals surface area contributed by atoms with E-state index in [-0.39, 0.29) is 0 Å². The lowest BCUT2D eigenvalue weighted by atomic mass is 10.3. The minimum absolute atomic E-state index is 0.389. The van der Waals surface area contributed by atoms with E-state index in [0.717, 1.165) is 5.75 Å². The zero-order valence-corrected chi connectivity index (χ0v) is 8.74. The zero-order chi connectivity index (χ0) is 11.1. The van der Waals surface area contributed by atoms with E-state index in [1.54, 1.807) is 18.9 Å². The van der Waals surface area contributed by atoms with Gasteiger partial charge in [0.05, 0.1) is 0 Å². The summed E-state index contributed by atoms with van der Waals surface area (Å²) in [5.74, 6) is 1.39. The lowest BCUT2D eigenvalue weighted by Gasteiger charge is -2.06. The number of ether oxygens (including phenoxy) is 2. The van der Waals surface area contributed by atoms with Crippen LogP contribution < -0.4 is 9.47 Å². The maximum atomic E-state index is 5.42. The predicted octanol–water partition coefficient (Wildman–Crippen LogP) is 2.70. The Kier molecular flexibility index (Phi) is 3.77. The summed E-state index contributed by atoms with van der Waals surface area (Å²) in [4.78, 5) is 4.01. The summed E-state index contributed by atoms with van der Waals surface area (Å²) in [7, 11) is 0. The number of pyridine rings is 1. The van der Waals surface area contributed by atoms with Crippen LogP contribution in [-0.2, 0) is 0 Å². The maximum absolute atomic E-state index is 5.42. The van der Waals surface area contributed by atoms with E-state index >= 15 is 0 Å². The topological polar surface area (TPSA) is 31.4 Å². The fraction of sp³-hybridized carbons (Fsp3) is 0.0769. The van der Waals surface area contributed by atoms with Gasteiger partial charge in [0.2, 0.25) is 5.88 Å². The molecule has 81 valence electrons. The molecule has 0 fully saturated rings. The molecule has 0 aliphatic carbocycles. The van der Waals surface area contributed by atoms with Gasteiger partial charge >= 0.3 is 0 Å². The number of para-hydroxylation sites is 1. The van der Waals surface area contributed by atoms with Crippen molar-refractivity contribution in [3.8, 4) is 11.6 Å². The second kappa shape index (κ2) is 5.75. The summed E-state index contributed by atoms with van der Waals surface area (Å²) in [5.41, 5.74) is 0. The van der Waals surface area contributed by atoms with Crippen LogP contribution in [0.25, 0.3) is 0 Å². The van der Waals surface area contributed by atoms with Crippen LogP contribution in [0.4, 0.5) is 0 Å². The molecule has 0 amide bonds.